The van der Waals surface area contributed by atoms with Crippen molar-refractivity contribution < 1.29 is 19.1 Å². The maximum atomic E-state index is 12.9. The molecule has 1 aromatic heterocycles. The smallest absolute Gasteiger partial charge is 0.274 e. The molecular formula is C22H27N3O5. The molecule has 1 aliphatic rings. The third-order valence-electron chi connectivity index (χ3n) is 5.36. The first-order valence-corrected chi connectivity index (χ1v) is 9.86. The molecule has 0 atom stereocenters. The van der Waals surface area contributed by atoms with E-state index in [9.17, 15) is 14.4 Å². The molecule has 0 bridgehead atoms. The van der Waals surface area contributed by atoms with Crippen molar-refractivity contribution in [1.29, 1.82) is 0 Å². The Labute approximate surface area is 175 Å². The minimum Gasteiger partial charge on any atom is -0.497 e. The quantitative estimate of drug-likeness (QED) is 0.814. The summed E-state index contributed by atoms with van der Waals surface area (Å²) in [6, 6.07) is 6.19. The number of hydrogen-bond acceptors (Lipinski definition) is 5. The third-order valence-corrected chi connectivity index (χ3v) is 5.36. The lowest BCUT2D eigenvalue weighted by Gasteiger charge is -2.30. The zero-order valence-corrected chi connectivity index (χ0v) is 17.7. The highest BCUT2D eigenvalue weighted by Gasteiger charge is 2.23. The molecule has 3 rings (SSSR count). The Morgan fingerprint density at radius 1 is 1.00 bits per heavy atom. The number of nitrogens with one attached hydrogen (secondary N) is 1. The van der Waals surface area contributed by atoms with Crippen molar-refractivity contribution in [2.75, 3.05) is 32.6 Å². The van der Waals surface area contributed by atoms with Gasteiger partial charge in [-0.2, -0.15) is 0 Å². The van der Waals surface area contributed by atoms with Crippen LogP contribution in [0.4, 0.5) is 5.69 Å². The van der Waals surface area contributed by atoms with Crippen molar-refractivity contribution in [3.63, 3.8) is 0 Å². The number of pyridine rings is 1. The van der Waals surface area contributed by atoms with Crippen LogP contribution in [0.1, 0.15) is 40.5 Å². The van der Waals surface area contributed by atoms with Gasteiger partial charge in [-0.25, -0.2) is 0 Å². The number of aryl methyl sites for hydroxylation is 1. The number of piperidine rings is 1. The summed E-state index contributed by atoms with van der Waals surface area (Å²) >= 11 is 0. The van der Waals surface area contributed by atoms with E-state index in [0.29, 0.717) is 36.1 Å². The number of carbonyl (C=O) groups excluding carboxylic acids is 2. The lowest BCUT2D eigenvalue weighted by atomic mass is 9.99. The average molecular weight is 413 g/mol. The van der Waals surface area contributed by atoms with E-state index < -0.39 is 11.5 Å². The highest BCUT2D eigenvalue weighted by molar-refractivity contribution is 6.05. The van der Waals surface area contributed by atoms with Gasteiger partial charge in [-0.15, -0.1) is 0 Å². The first kappa shape index (κ1) is 21.4. The summed E-state index contributed by atoms with van der Waals surface area (Å²) in [5.41, 5.74) is 0.280. The second-order valence-corrected chi connectivity index (χ2v) is 7.59. The van der Waals surface area contributed by atoms with Gasteiger partial charge >= 0.3 is 0 Å². The Morgan fingerprint density at radius 3 is 2.17 bits per heavy atom. The molecule has 2 aromatic rings. The molecule has 0 aliphatic carbocycles. The van der Waals surface area contributed by atoms with Gasteiger partial charge in [0, 0.05) is 38.0 Å². The van der Waals surface area contributed by atoms with E-state index in [1.807, 2.05) is 0 Å². The van der Waals surface area contributed by atoms with Gasteiger partial charge in [-0.1, -0.05) is 6.92 Å². The fourth-order valence-corrected chi connectivity index (χ4v) is 3.45. The second-order valence-electron chi connectivity index (χ2n) is 7.59. The predicted octanol–water partition coefficient (Wildman–Crippen LogP) is 2.53. The van der Waals surface area contributed by atoms with Gasteiger partial charge in [0.2, 0.25) is 0 Å². The minimum atomic E-state index is -0.499. The van der Waals surface area contributed by atoms with Gasteiger partial charge in [-0.05, 0) is 37.0 Å². The van der Waals surface area contributed by atoms with Gasteiger partial charge in [0.15, 0.2) is 0 Å². The number of amides is 2. The number of carbonyl (C=O) groups is 2. The van der Waals surface area contributed by atoms with E-state index in [-0.39, 0.29) is 17.2 Å². The molecular weight excluding hydrogens is 386 g/mol. The zero-order chi connectivity index (χ0) is 21.8. The summed E-state index contributed by atoms with van der Waals surface area (Å²) in [4.78, 5) is 40.0. The summed E-state index contributed by atoms with van der Waals surface area (Å²) in [5, 5.41) is 2.62. The number of ether oxygens (including phenoxy) is 2. The monoisotopic (exact) mass is 413 g/mol. The SMILES string of the molecule is COc1cc(OC)cc(C(=O)Nc2cc(C(=O)N3CCC(C)CC3)cn(C)c2=O)c1. The van der Waals surface area contributed by atoms with Crippen LogP contribution in [-0.4, -0.2) is 48.6 Å². The van der Waals surface area contributed by atoms with E-state index in [4.69, 9.17) is 9.47 Å². The van der Waals surface area contributed by atoms with Gasteiger partial charge in [0.05, 0.1) is 19.8 Å². The fraction of sp³-hybridized carbons (Fsp3) is 0.409. The zero-order valence-electron chi connectivity index (χ0n) is 17.7. The minimum absolute atomic E-state index is 0.0421. The summed E-state index contributed by atoms with van der Waals surface area (Å²) in [7, 11) is 4.53. The van der Waals surface area contributed by atoms with E-state index in [1.54, 1.807) is 30.1 Å². The van der Waals surface area contributed by atoms with Crippen molar-refractivity contribution in [1.82, 2.24) is 9.47 Å². The summed E-state index contributed by atoms with van der Waals surface area (Å²) < 4.78 is 11.7. The molecule has 1 aromatic carbocycles. The van der Waals surface area contributed by atoms with Gasteiger partial charge in [0.1, 0.15) is 17.2 Å². The first-order valence-electron chi connectivity index (χ1n) is 9.86. The van der Waals surface area contributed by atoms with E-state index >= 15 is 0 Å². The average Bonchev–Trinajstić information content (AvgIpc) is 2.76. The Kier molecular flexibility index (Phi) is 6.44. The van der Waals surface area contributed by atoms with E-state index in [2.05, 4.69) is 12.2 Å². The Bertz CT molecular complexity index is 984. The van der Waals surface area contributed by atoms with Crippen LogP contribution in [0.3, 0.4) is 0 Å². The van der Waals surface area contributed by atoms with Crippen LogP contribution in [0, 0.1) is 5.92 Å². The van der Waals surface area contributed by atoms with E-state index in [1.165, 1.54) is 31.0 Å². The predicted molar refractivity (Wildman–Crippen MR) is 113 cm³/mol. The normalized spacial score (nSPS) is 14.3. The number of methoxy groups -OCH3 is 2. The number of rotatable bonds is 5. The van der Waals surface area contributed by atoms with Gasteiger partial charge in [0.25, 0.3) is 17.4 Å². The van der Waals surface area contributed by atoms with Crippen LogP contribution in [-0.2, 0) is 7.05 Å². The Morgan fingerprint density at radius 2 is 1.60 bits per heavy atom. The highest BCUT2D eigenvalue weighted by Crippen LogP contribution is 2.23. The van der Waals surface area contributed by atoms with Crippen molar-refractivity contribution in [2.24, 2.45) is 13.0 Å². The largest absolute Gasteiger partial charge is 0.497 e. The maximum absolute atomic E-state index is 12.9. The molecule has 8 heteroatoms. The second kappa shape index (κ2) is 9.02. The number of hydrogen-bond donors (Lipinski definition) is 1. The molecule has 0 saturated carbocycles. The van der Waals surface area contributed by atoms with Crippen LogP contribution < -0.4 is 20.3 Å². The van der Waals surface area contributed by atoms with Crippen molar-refractivity contribution >= 4 is 17.5 Å². The maximum Gasteiger partial charge on any atom is 0.274 e. The Hall–Kier alpha value is -3.29. The molecule has 0 spiro atoms. The Balaban J connectivity index is 1.87. The molecule has 0 radical (unpaired) electrons. The van der Waals surface area contributed by atoms with E-state index in [0.717, 1.165) is 12.8 Å². The van der Waals surface area contributed by atoms with Crippen LogP contribution in [0.15, 0.2) is 35.3 Å². The molecule has 8 nitrogen and oxygen atoms in total. The number of benzene rings is 1. The molecule has 160 valence electrons. The third kappa shape index (κ3) is 4.64. The molecule has 1 N–H and O–H groups in total. The summed E-state index contributed by atoms with van der Waals surface area (Å²) in [6.07, 6.45) is 3.42. The molecule has 2 heterocycles. The number of likely N-dealkylation sites (tertiary alicyclic amines) is 1. The van der Waals surface area contributed by atoms with Gasteiger partial charge < -0.3 is 24.3 Å². The number of nitrogens with zero attached hydrogens (tertiary/aromatic N) is 2. The lowest BCUT2D eigenvalue weighted by molar-refractivity contribution is 0.0696. The fourth-order valence-electron chi connectivity index (χ4n) is 3.45. The summed E-state index contributed by atoms with van der Waals surface area (Å²) in [6.45, 7) is 3.55. The van der Waals surface area contributed by atoms with Crippen LogP contribution in [0.25, 0.3) is 0 Å². The molecule has 1 fully saturated rings. The molecule has 1 aliphatic heterocycles. The van der Waals surface area contributed by atoms with Crippen molar-refractivity contribution in [3.8, 4) is 11.5 Å². The van der Waals surface area contributed by atoms with Gasteiger partial charge in [-0.3, -0.25) is 14.4 Å². The highest BCUT2D eigenvalue weighted by atomic mass is 16.5. The van der Waals surface area contributed by atoms with Crippen LogP contribution in [0.5, 0.6) is 11.5 Å². The number of aromatic nitrogens is 1. The van der Waals surface area contributed by atoms with Crippen molar-refractivity contribution in [2.45, 2.75) is 19.8 Å². The molecule has 1 saturated heterocycles. The lowest BCUT2D eigenvalue weighted by Crippen LogP contribution is -2.38. The topological polar surface area (TPSA) is 89.9 Å². The molecule has 2 amide bonds. The summed E-state index contributed by atoms with van der Waals surface area (Å²) in [5.74, 6) is 0.868. The number of anilines is 1. The molecule has 30 heavy (non-hydrogen) atoms. The first-order chi connectivity index (χ1) is 14.3. The standard InChI is InChI=1S/C22H27N3O5/c1-14-5-7-25(8-6-14)21(27)16-11-19(22(28)24(2)13-16)23-20(26)15-9-17(29-3)12-18(10-15)30-4/h9-14H,5-8H2,1-4H3,(H,23,26). The molecule has 0 unspecified atom stereocenters. The van der Waals surface area contributed by atoms with Crippen LogP contribution >= 0.6 is 0 Å². The van der Waals surface area contributed by atoms with Crippen molar-refractivity contribution in [3.05, 3.63) is 51.9 Å². The van der Waals surface area contributed by atoms with Crippen LogP contribution in [0.2, 0.25) is 0 Å².